The fraction of sp³-hybridized carbons (Fsp3) is 0.250. The second kappa shape index (κ2) is 7.31. The Bertz CT molecular complexity index is 792. The Hall–Kier alpha value is -2.61. The number of carboxylic acid groups (broad SMARTS) is 1. The molecule has 0 saturated heterocycles. The van der Waals surface area contributed by atoms with E-state index in [0.29, 0.717) is 11.5 Å². The van der Waals surface area contributed by atoms with Gasteiger partial charge >= 0.3 is 5.97 Å². The number of aromatic nitrogens is 1. The highest BCUT2D eigenvalue weighted by Gasteiger charge is 2.24. The molecule has 8 heteroatoms. The SMILES string of the molecule is CCN(c1ccccc1)S(=O)(=O)c1ccc(N(C)CC(=O)O)nc1. The normalized spacial score (nSPS) is 11.1. The van der Waals surface area contributed by atoms with Crippen molar-refractivity contribution in [3.63, 3.8) is 0 Å². The molecule has 0 saturated carbocycles. The van der Waals surface area contributed by atoms with Crippen LogP contribution in [-0.4, -0.2) is 44.6 Å². The maximum Gasteiger partial charge on any atom is 0.323 e. The van der Waals surface area contributed by atoms with E-state index < -0.39 is 16.0 Å². The van der Waals surface area contributed by atoms with E-state index in [1.54, 1.807) is 38.2 Å². The predicted molar refractivity (Wildman–Crippen MR) is 91.8 cm³/mol. The van der Waals surface area contributed by atoms with E-state index in [2.05, 4.69) is 4.98 Å². The van der Waals surface area contributed by atoms with Crippen molar-refractivity contribution in [3.8, 4) is 0 Å². The van der Waals surface area contributed by atoms with E-state index in [1.807, 2.05) is 6.07 Å². The molecule has 0 spiro atoms. The van der Waals surface area contributed by atoms with Gasteiger partial charge in [0, 0.05) is 19.8 Å². The summed E-state index contributed by atoms with van der Waals surface area (Å²) in [6, 6.07) is 11.7. The van der Waals surface area contributed by atoms with Crippen LogP contribution in [0.4, 0.5) is 11.5 Å². The van der Waals surface area contributed by atoms with Crippen LogP contribution in [0.2, 0.25) is 0 Å². The number of pyridine rings is 1. The van der Waals surface area contributed by atoms with Gasteiger partial charge in [-0.05, 0) is 31.2 Å². The fourth-order valence-electron chi connectivity index (χ4n) is 2.25. The molecule has 0 bridgehead atoms. The van der Waals surface area contributed by atoms with Crippen LogP contribution in [-0.2, 0) is 14.8 Å². The monoisotopic (exact) mass is 349 g/mol. The van der Waals surface area contributed by atoms with Crippen LogP contribution < -0.4 is 9.21 Å². The van der Waals surface area contributed by atoms with Gasteiger partial charge < -0.3 is 10.0 Å². The first-order valence-corrected chi connectivity index (χ1v) is 8.77. The van der Waals surface area contributed by atoms with Gasteiger partial charge in [0.15, 0.2) is 0 Å². The number of carboxylic acids is 1. The molecule has 1 aromatic heterocycles. The second-order valence-corrected chi connectivity index (χ2v) is 6.97. The van der Waals surface area contributed by atoms with Gasteiger partial charge in [-0.25, -0.2) is 13.4 Å². The van der Waals surface area contributed by atoms with Gasteiger partial charge in [-0.3, -0.25) is 9.10 Å². The zero-order chi connectivity index (χ0) is 17.7. The number of aliphatic carboxylic acids is 1. The van der Waals surface area contributed by atoms with E-state index >= 15 is 0 Å². The van der Waals surface area contributed by atoms with Crippen LogP contribution in [0.5, 0.6) is 0 Å². The number of nitrogens with zero attached hydrogens (tertiary/aromatic N) is 3. The van der Waals surface area contributed by atoms with E-state index in [9.17, 15) is 13.2 Å². The highest BCUT2D eigenvalue weighted by Crippen LogP contribution is 2.23. The molecule has 0 fully saturated rings. The molecule has 24 heavy (non-hydrogen) atoms. The summed E-state index contributed by atoms with van der Waals surface area (Å²) in [6.07, 6.45) is 1.24. The van der Waals surface area contributed by atoms with Crippen molar-refractivity contribution in [1.82, 2.24) is 4.98 Å². The maximum absolute atomic E-state index is 12.8. The molecule has 0 unspecified atom stereocenters. The summed E-state index contributed by atoms with van der Waals surface area (Å²) < 4.78 is 26.9. The molecule has 128 valence electrons. The van der Waals surface area contributed by atoms with Crippen LogP contribution in [0.1, 0.15) is 6.92 Å². The summed E-state index contributed by atoms with van der Waals surface area (Å²) in [5.41, 5.74) is 0.576. The van der Waals surface area contributed by atoms with Crippen molar-refractivity contribution in [3.05, 3.63) is 48.7 Å². The van der Waals surface area contributed by atoms with Gasteiger partial charge in [0.2, 0.25) is 0 Å². The van der Waals surface area contributed by atoms with Gasteiger partial charge in [-0.1, -0.05) is 18.2 Å². The molecule has 0 atom stereocenters. The molecule has 0 aliphatic carbocycles. The largest absolute Gasteiger partial charge is 0.480 e. The molecule has 1 heterocycles. The van der Waals surface area contributed by atoms with Gasteiger partial charge in [0.25, 0.3) is 10.0 Å². The zero-order valence-corrected chi connectivity index (χ0v) is 14.3. The molecular formula is C16H19N3O4S. The average molecular weight is 349 g/mol. The Morgan fingerprint density at radius 1 is 1.17 bits per heavy atom. The van der Waals surface area contributed by atoms with E-state index in [4.69, 9.17) is 5.11 Å². The quantitative estimate of drug-likeness (QED) is 0.820. The number of likely N-dealkylation sites (N-methyl/N-ethyl adjacent to an activating group) is 1. The minimum absolute atomic E-state index is 0.0562. The number of rotatable bonds is 7. The minimum atomic E-state index is -3.73. The number of hydrogen-bond donors (Lipinski definition) is 1. The average Bonchev–Trinajstić information content (AvgIpc) is 2.56. The number of hydrogen-bond acceptors (Lipinski definition) is 5. The fourth-order valence-corrected chi connectivity index (χ4v) is 3.67. The molecule has 0 radical (unpaired) electrons. The van der Waals surface area contributed by atoms with Crippen molar-refractivity contribution in [2.45, 2.75) is 11.8 Å². The van der Waals surface area contributed by atoms with Crippen molar-refractivity contribution in [2.75, 3.05) is 29.3 Å². The Balaban J connectivity index is 2.30. The van der Waals surface area contributed by atoms with Crippen molar-refractivity contribution in [2.24, 2.45) is 0 Å². The maximum atomic E-state index is 12.8. The summed E-state index contributed by atoms with van der Waals surface area (Å²) in [7, 11) is -2.16. The Morgan fingerprint density at radius 2 is 1.83 bits per heavy atom. The molecule has 0 amide bonds. The van der Waals surface area contributed by atoms with Crippen LogP contribution in [0.25, 0.3) is 0 Å². The predicted octanol–water partition coefficient (Wildman–Crippen LogP) is 1.82. The lowest BCUT2D eigenvalue weighted by atomic mass is 10.3. The van der Waals surface area contributed by atoms with Crippen molar-refractivity contribution < 1.29 is 18.3 Å². The number of benzene rings is 1. The molecule has 1 aromatic carbocycles. The molecule has 0 aliphatic rings. The van der Waals surface area contributed by atoms with Gasteiger partial charge in [0.05, 0.1) is 5.69 Å². The third-order valence-electron chi connectivity index (χ3n) is 3.40. The Kier molecular flexibility index (Phi) is 5.40. The Morgan fingerprint density at radius 3 is 2.33 bits per heavy atom. The molecular weight excluding hydrogens is 330 g/mol. The Labute approximate surface area is 141 Å². The zero-order valence-electron chi connectivity index (χ0n) is 13.5. The van der Waals surface area contributed by atoms with Gasteiger partial charge in [0.1, 0.15) is 17.3 Å². The molecule has 2 rings (SSSR count). The minimum Gasteiger partial charge on any atom is -0.480 e. The first-order chi connectivity index (χ1) is 11.4. The standard InChI is InChI=1S/C16H19N3O4S/c1-3-19(13-7-5-4-6-8-13)24(22,23)14-9-10-15(17-11-14)18(2)12-16(20)21/h4-11H,3,12H2,1-2H3,(H,20,21). The first-order valence-electron chi connectivity index (χ1n) is 7.33. The third kappa shape index (κ3) is 3.83. The lowest BCUT2D eigenvalue weighted by molar-refractivity contribution is -0.135. The summed E-state index contributed by atoms with van der Waals surface area (Å²) in [5.74, 6) is -0.601. The number of anilines is 2. The summed E-state index contributed by atoms with van der Waals surface area (Å²) in [6.45, 7) is 1.82. The lowest BCUT2D eigenvalue weighted by Crippen LogP contribution is -2.31. The molecule has 7 nitrogen and oxygen atoms in total. The van der Waals surface area contributed by atoms with Crippen molar-refractivity contribution >= 4 is 27.5 Å². The lowest BCUT2D eigenvalue weighted by Gasteiger charge is -2.23. The van der Waals surface area contributed by atoms with E-state index in [-0.39, 0.29) is 18.0 Å². The highest BCUT2D eigenvalue weighted by atomic mass is 32.2. The number of sulfonamides is 1. The van der Waals surface area contributed by atoms with Gasteiger partial charge in [-0.15, -0.1) is 0 Å². The molecule has 0 aliphatic heterocycles. The van der Waals surface area contributed by atoms with E-state index in [0.717, 1.165) is 0 Å². The van der Waals surface area contributed by atoms with Crippen LogP contribution in [0.3, 0.4) is 0 Å². The first kappa shape index (κ1) is 17.7. The third-order valence-corrected chi connectivity index (χ3v) is 5.29. The van der Waals surface area contributed by atoms with Gasteiger partial charge in [-0.2, -0.15) is 0 Å². The molecule has 1 N–H and O–H groups in total. The van der Waals surface area contributed by atoms with Crippen LogP contribution in [0.15, 0.2) is 53.6 Å². The molecule has 2 aromatic rings. The van der Waals surface area contributed by atoms with E-state index in [1.165, 1.54) is 27.5 Å². The smallest absolute Gasteiger partial charge is 0.323 e. The summed E-state index contributed by atoms with van der Waals surface area (Å²) in [4.78, 5) is 16.3. The summed E-state index contributed by atoms with van der Waals surface area (Å²) in [5, 5.41) is 8.79. The second-order valence-electron chi connectivity index (χ2n) is 5.11. The number of carbonyl (C=O) groups is 1. The van der Waals surface area contributed by atoms with Crippen LogP contribution >= 0.6 is 0 Å². The van der Waals surface area contributed by atoms with Crippen molar-refractivity contribution in [1.29, 1.82) is 0 Å². The number of para-hydroxylation sites is 1. The topological polar surface area (TPSA) is 90.8 Å². The summed E-state index contributed by atoms with van der Waals surface area (Å²) >= 11 is 0. The van der Waals surface area contributed by atoms with Crippen LogP contribution in [0, 0.1) is 0 Å². The highest BCUT2D eigenvalue weighted by molar-refractivity contribution is 7.92.